The van der Waals surface area contributed by atoms with Gasteiger partial charge in [0.05, 0.1) is 26.3 Å². The number of hydrogen-bond donors (Lipinski definition) is 1. The Morgan fingerprint density at radius 3 is 2.55 bits per heavy atom. The number of aromatic nitrogens is 2. The van der Waals surface area contributed by atoms with Crippen molar-refractivity contribution < 1.29 is 23.5 Å². The number of methoxy groups -OCH3 is 2. The lowest BCUT2D eigenvalue weighted by molar-refractivity contribution is -0.123. The molecule has 152 valence electrons. The Morgan fingerprint density at radius 1 is 1.03 bits per heavy atom. The van der Waals surface area contributed by atoms with Crippen molar-refractivity contribution in [2.45, 2.75) is 20.4 Å². The van der Waals surface area contributed by atoms with E-state index in [0.29, 0.717) is 28.6 Å². The normalized spacial score (nSPS) is 10.5. The van der Waals surface area contributed by atoms with E-state index in [0.717, 1.165) is 5.56 Å². The number of rotatable bonds is 8. The minimum atomic E-state index is -0.287. The van der Waals surface area contributed by atoms with Crippen LogP contribution in [0.4, 0.5) is 0 Å². The number of hydrogen-bond acceptors (Lipinski definition) is 7. The topological polar surface area (TPSA) is 95.7 Å². The lowest BCUT2D eigenvalue weighted by atomic mass is 10.1. The van der Waals surface area contributed by atoms with E-state index in [1.54, 1.807) is 32.4 Å². The highest BCUT2D eigenvalue weighted by molar-refractivity contribution is 5.77. The van der Waals surface area contributed by atoms with Crippen molar-refractivity contribution in [3.8, 4) is 28.6 Å². The smallest absolute Gasteiger partial charge is 0.258 e. The Bertz CT molecular complexity index is 1000. The van der Waals surface area contributed by atoms with Gasteiger partial charge in [-0.25, -0.2) is 0 Å². The molecule has 8 nitrogen and oxygen atoms in total. The molecule has 1 heterocycles. The first-order chi connectivity index (χ1) is 14.0. The van der Waals surface area contributed by atoms with Crippen molar-refractivity contribution >= 4 is 5.91 Å². The molecule has 0 unspecified atom stereocenters. The van der Waals surface area contributed by atoms with E-state index in [4.69, 9.17) is 18.7 Å². The summed E-state index contributed by atoms with van der Waals surface area (Å²) in [4.78, 5) is 16.3. The molecule has 0 aliphatic carbocycles. The van der Waals surface area contributed by atoms with Gasteiger partial charge in [0.1, 0.15) is 17.2 Å². The number of benzene rings is 2. The van der Waals surface area contributed by atoms with Crippen LogP contribution in [-0.2, 0) is 11.3 Å². The van der Waals surface area contributed by atoms with Crippen LogP contribution in [0.1, 0.15) is 17.0 Å². The van der Waals surface area contributed by atoms with Crippen LogP contribution in [0.15, 0.2) is 40.9 Å². The SMILES string of the molecule is COc1ccc(-c2noc(CNC(=O)COc3ccc(C)c(C)c3)n2)c(OC)c1. The summed E-state index contributed by atoms with van der Waals surface area (Å²) in [5.74, 6) is 2.21. The highest BCUT2D eigenvalue weighted by Crippen LogP contribution is 2.31. The number of ether oxygens (including phenoxy) is 3. The third-order valence-electron chi connectivity index (χ3n) is 4.40. The van der Waals surface area contributed by atoms with Crippen molar-refractivity contribution in [3.63, 3.8) is 0 Å². The molecule has 29 heavy (non-hydrogen) atoms. The van der Waals surface area contributed by atoms with Crippen molar-refractivity contribution in [1.82, 2.24) is 15.5 Å². The predicted molar refractivity (Wildman–Crippen MR) is 106 cm³/mol. The molecule has 0 spiro atoms. The fourth-order valence-electron chi connectivity index (χ4n) is 2.60. The summed E-state index contributed by atoms with van der Waals surface area (Å²) in [6, 6.07) is 11.0. The Kier molecular flexibility index (Phi) is 6.33. The monoisotopic (exact) mass is 397 g/mol. The summed E-state index contributed by atoms with van der Waals surface area (Å²) in [5, 5.41) is 6.65. The van der Waals surface area contributed by atoms with E-state index >= 15 is 0 Å². The van der Waals surface area contributed by atoms with Crippen LogP contribution in [0.2, 0.25) is 0 Å². The molecular weight excluding hydrogens is 374 g/mol. The Labute approximate surface area is 168 Å². The maximum absolute atomic E-state index is 12.0. The number of aryl methyl sites for hydroxylation is 2. The molecule has 0 radical (unpaired) electrons. The first-order valence-corrected chi connectivity index (χ1v) is 9.02. The van der Waals surface area contributed by atoms with Crippen molar-refractivity contribution in [1.29, 1.82) is 0 Å². The number of nitrogens with one attached hydrogen (secondary N) is 1. The van der Waals surface area contributed by atoms with Gasteiger partial charge in [-0.3, -0.25) is 4.79 Å². The minimum Gasteiger partial charge on any atom is -0.497 e. The maximum atomic E-state index is 12.0. The van der Waals surface area contributed by atoms with Gasteiger partial charge in [0.25, 0.3) is 5.91 Å². The van der Waals surface area contributed by atoms with E-state index in [1.807, 2.05) is 32.0 Å². The van der Waals surface area contributed by atoms with Gasteiger partial charge >= 0.3 is 0 Å². The summed E-state index contributed by atoms with van der Waals surface area (Å²) < 4.78 is 21.3. The molecule has 0 atom stereocenters. The van der Waals surface area contributed by atoms with Gasteiger partial charge in [0.2, 0.25) is 11.7 Å². The summed E-state index contributed by atoms with van der Waals surface area (Å²) in [7, 11) is 3.13. The molecule has 1 amide bonds. The van der Waals surface area contributed by atoms with Crippen LogP contribution in [0.3, 0.4) is 0 Å². The zero-order chi connectivity index (χ0) is 20.8. The average Bonchev–Trinajstić information content (AvgIpc) is 3.21. The van der Waals surface area contributed by atoms with Gasteiger partial charge in [-0.2, -0.15) is 4.98 Å². The van der Waals surface area contributed by atoms with Gasteiger partial charge in [-0.15, -0.1) is 0 Å². The maximum Gasteiger partial charge on any atom is 0.258 e. The largest absolute Gasteiger partial charge is 0.497 e. The molecule has 0 aliphatic heterocycles. The zero-order valence-electron chi connectivity index (χ0n) is 16.8. The highest BCUT2D eigenvalue weighted by Gasteiger charge is 2.15. The molecule has 3 aromatic rings. The summed E-state index contributed by atoms with van der Waals surface area (Å²) in [5.41, 5.74) is 2.94. The van der Waals surface area contributed by atoms with Crippen LogP contribution in [0.25, 0.3) is 11.4 Å². The molecule has 0 fully saturated rings. The summed E-state index contributed by atoms with van der Waals surface area (Å²) >= 11 is 0. The lowest BCUT2D eigenvalue weighted by Crippen LogP contribution is -2.28. The molecule has 3 rings (SSSR count). The highest BCUT2D eigenvalue weighted by atomic mass is 16.5. The first kappa shape index (κ1) is 20.2. The minimum absolute atomic E-state index is 0.0978. The molecule has 2 aromatic carbocycles. The quantitative estimate of drug-likeness (QED) is 0.624. The van der Waals surface area contributed by atoms with Crippen LogP contribution < -0.4 is 19.5 Å². The van der Waals surface area contributed by atoms with E-state index in [2.05, 4.69) is 15.5 Å². The molecular formula is C21H23N3O5. The summed E-state index contributed by atoms with van der Waals surface area (Å²) in [6.45, 7) is 4.01. The molecule has 1 aromatic heterocycles. The van der Waals surface area contributed by atoms with Crippen LogP contribution in [0, 0.1) is 13.8 Å². The third-order valence-corrected chi connectivity index (χ3v) is 4.40. The van der Waals surface area contributed by atoms with Crippen LogP contribution in [-0.4, -0.2) is 36.9 Å². The van der Waals surface area contributed by atoms with E-state index < -0.39 is 0 Å². The number of nitrogens with zero attached hydrogens (tertiary/aromatic N) is 2. The van der Waals surface area contributed by atoms with E-state index in [1.165, 1.54) is 5.56 Å². The Hall–Kier alpha value is -3.55. The fourth-order valence-corrected chi connectivity index (χ4v) is 2.60. The standard InChI is InChI=1S/C21H23N3O5/c1-13-5-6-16(9-14(13)2)28-12-19(25)22-11-20-23-21(24-29-20)17-8-7-15(26-3)10-18(17)27-4/h5-10H,11-12H2,1-4H3,(H,22,25). The number of carbonyl (C=O) groups excluding carboxylic acids is 1. The number of amides is 1. The average molecular weight is 397 g/mol. The predicted octanol–water partition coefficient (Wildman–Crippen LogP) is 3.07. The van der Waals surface area contributed by atoms with E-state index in [9.17, 15) is 4.79 Å². The lowest BCUT2D eigenvalue weighted by Gasteiger charge is -2.08. The van der Waals surface area contributed by atoms with Gasteiger partial charge in [0, 0.05) is 6.07 Å². The fraction of sp³-hybridized carbons (Fsp3) is 0.286. The zero-order valence-corrected chi connectivity index (χ0v) is 16.8. The second-order valence-corrected chi connectivity index (χ2v) is 6.39. The third kappa shape index (κ3) is 5.04. The summed E-state index contributed by atoms with van der Waals surface area (Å²) in [6.07, 6.45) is 0. The van der Waals surface area contributed by atoms with Gasteiger partial charge in [0.15, 0.2) is 6.61 Å². The molecule has 0 saturated heterocycles. The Balaban J connectivity index is 1.56. The van der Waals surface area contributed by atoms with Crippen LogP contribution >= 0.6 is 0 Å². The second-order valence-electron chi connectivity index (χ2n) is 6.39. The molecule has 1 N–H and O–H groups in total. The first-order valence-electron chi connectivity index (χ1n) is 9.02. The van der Waals surface area contributed by atoms with Crippen molar-refractivity contribution in [2.75, 3.05) is 20.8 Å². The molecule has 0 bridgehead atoms. The van der Waals surface area contributed by atoms with Crippen molar-refractivity contribution in [3.05, 3.63) is 53.4 Å². The van der Waals surface area contributed by atoms with Gasteiger partial charge in [-0.1, -0.05) is 11.2 Å². The molecule has 8 heteroatoms. The van der Waals surface area contributed by atoms with Gasteiger partial charge < -0.3 is 24.1 Å². The molecule has 0 saturated carbocycles. The van der Waals surface area contributed by atoms with E-state index in [-0.39, 0.29) is 24.9 Å². The Morgan fingerprint density at radius 2 is 1.83 bits per heavy atom. The van der Waals surface area contributed by atoms with Gasteiger partial charge in [-0.05, 0) is 49.2 Å². The second kappa shape index (κ2) is 9.09. The molecule has 0 aliphatic rings. The number of carbonyl (C=O) groups is 1. The van der Waals surface area contributed by atoms with Crippen LogP contribution in [0.5, 0.6) is 17.2 Å². The van der Waals surface area contributed by atoms with Crippen molar-refractivity contribution in [2.24, 2.45) is 0 Å².